The number of ether oxygens (including phenoxy) is 2. The Morgan fingerprint density at radius 1 is 1.09 bits per heavy atom. The molecule has 2 atom stereocenters. The minimum atomic E-state index is -0.554. The number of H-pyrrole nitrogens is 1. The van der Waals surface area contributed by atoms with Gasteiger partial charge in [0.15, 0.2) is 0 Å². The van der Waals surface area contributed by atoms with E-state index in [1.807, 2.05) is 63.2 Å². The van der Waals surface area contributed by atoms with Crippen molar-refractivity contribution >= 4 is 23.0 Å². The summed E-state index contributed by atoms with van der Waals surface area (Å²) in [4.78, 5) is 28.7. The van der Waals surface area contributed by atoms with Crippen LogP contribution in [0.25, 0.3) is 10.9 Å². The Labute approximate surface area is 200 Å². The average molecular weight is 464 g/mol. The first kappa shape index (κ1) is 23.8. The van der Waals surface area contributed by atoms with Crippen LogP contribution >= 0.6 is 0 Å². The third-order valence-electron chi connectivity index (χ3n) is 5.89. The molecule has 0 radical (unpaired) electrons. The number of para-hydroxylation sites is 1. The Hall–Kier alpha value is -3.32. The zero-order valence-corrected chi connectivity index (χ0v) is 20.0. The Balaban J connectivity index is 1.51. The molecule has 1 aliphatic rings. The van der Waals surface area contributed by atoms with E-state index in [-0.39, 0.29) is 31.1 Å². The monoisotopic (exact) mass is 463 g/mol. The number of aromatic nitrogens is 1. The van der Waals surface area contributed by atoms with E-state index >= 15 is 0 Å². The highest BCUT2D eigenvalue weighted by Gasteiger charge is 2.32. The first-order valence-electron chi connectivity index (χ1n) is 11.8. The predicted molar refractivity (Wildman–Crippen MR) is 131 cm³/mol. The molecule has 0 bridgehead atoms. The summed E-state index contributed by atoms with van der Waals surface area (Å²) in [7, 11) is 0. The summed E-state index contributed by atoms with van der Waals surface area (Å²) < 4.78 is 11.0. The maximum Gasteiger partial charge on any atom is 0.407 e. The number of esters is 1. The van der Waals surface area contributed by atoms with Crippen LogP contribution in [-0.4, -0.2) is 35.2 Å². The van der Waals surface area contributed by atoms with E-state index < -0.39 is 11.7 Å². The van der Waals surface area contributed by atoms with Gasteiger partial charge in [-0.3, -0.25) is 4.79 Å². The molecule has 0 saturated carbocycles. The smallest absolute Gasteiger partial charge is 0.407 e. The van der Waals surface area contributed by atoms with Gasteiger partial charge in [0.25, 0.3) is 0 Å². The molecule has 4 rings (SSSR count). The lowest BCUT2D eigenvalue weighted by Crippen LogP contribution is -2.47. The molecule has 7 heteroatoms. The van der Waals surface area contributed by atoms with Gasteiger partial charge in [-0.15, -0.1) is 0 Å². The van der Waals surface area contributed by atoms with Crippen molar-refractivity contribution in [1.29, 1.82) is 0 Å². The molecule has 34 heavy (non-hydrogen) atoms. The number of alkyl carbamates (subject to hydrolysis) is 1. The number of benzene rings is 2. The molecule has 3 N–H and O–H groups in total. The summed E-state index contributed by atoms with van der Waals surface area (Å²) in [5.41, 5.74) is 3.73. The summed E-state index contributed by atoms with van der Waals surface area (Å²) >= 11 is 0. The van der Waals surface area contributed by atoms with Crippen LogP contribution in [0, 0.1) is 0 Å². The standard InChI is InChI=1S/C27H33N3O4/c1-27(2,3)34-23(31)14-13-22(30-26(32)33-17-18-9-5-4-6-10-18)25-24-20(15-16-28-25)19-11-7-8-12-21(19)29-24/h4-12,22,25,28-29H,13-17H2,1-3H3,(H,30,32)/t22-,25-/m0/s1. The van der Waals surface area contributed by atoms with Gasteiger partial charge < -0.3 is 25.1 Å². The van der Waals surface area contributed by atoms with Gasteiger partial charge in [-0.2, -0.15) is 0 Å². The SMILES string of the molecule is CC(C)(C)OC(=O)CC[C@H](NC(=O)OCc1ccccc1)[C@@H]1NCCc2c1[nH]c1ccccc21. The number of fused-ring (bicyclic) bond motifs is 3. The van der Waals surface area contributed by atoms with Crippen LogP contribution in [-0.2, 0) is 27.3 Å². The maximum absolute atomic E-state index is 12.7. The van der Waals surface area contributed by atoms with Crippen LogP contribution < -0.4 is 10.6 Å². The van der Waals surface area contributed by atoms with Gasteiger partial charge in [-0.05, 0) is 57.4 Å². The van der Waals surface area contributed by atoms with Gasteiger partial charge in [0, 0.05) is 23.0 Å². The van der Waals surface area contributed by atoms with Gasteiger partial charge in [0.05, 0.1) is 12.1 Å². The number of rotatable bonds is 7. The summed E-state index contributed by atoms with van der Waals surface area (Å²) in [5, 5.41) is 7.74. The van der Waals surface area contributed by atoms with Crippen molar-refractivity contribution < 1.29 is 19.1 Å². The molecular formula is C27H33N3O4. The second-order valence-corrected chi connectivity index (χ2v) is 9.68. The topological polar surface area (TPSA) is 92.4 Å². The molecule has 1 aromatic heterocycles. The number of amides is 1. The fourth-order valence-electron chi connectivity index (χ4n) is 4.46. The van der Waals surface area contributed by atoms with Crippen molar-refractivity contribution in [1.82, 2.24) is 15.6 Å². The largest absolute Gasteiger partial charge is 0.460 e. The molecule has 2 heterocycles. The number of carbonyl (C=O) groups excluding carboxylic acids is 2. The molecule has 180 valence electrons. The molecular weight excluding hydrogens is 430 g/mol. The van der Waals surface area contributed by atoms with E-state index in [1.165, 1.54) is 10.9 Å². The number of hydrogen-bond donors (Lipinski definition) is 3. The van der Waals surface area contributed by atoms with Crippen molar-refractivity contribution in [3.05, 3.63) is 71.4 Å². The summed E-state index contributed by atoms with van der Waals surface area (Å²) in [6, 6.07) is 17.2. The molecule has 0 aliphatic carbocycles. The first-order valence-corrected chi connectivity index (χ1v) is 11.8. The fraction of sp³-hybridized carbons (Fsp3) is 0.407. The fourth-order valence-corrected chi connectivity index (χ4v) is 4.46. The molecule has 0 spiro atoms. The molecule has 1 amide bonds. The zero-order valence-electron chi connectivity index (χ0n) is 20.0. The molecule has 1 aliphatic heterocycles. The summed E-state index contributed by atoms with van der Waals surface area (Å²) in [5.74, 6) is -0.287. The predicted octanol–water partition coefficient (Wildman–Crippen LogP) is 4.77. The van der Waals surface area contributed by atoms with Crippen LogP contribution in [0.3, 0.4) is 0 Å². The number of aromatic amines is 1. The zero-order chi connectivity index (χ0) is 24.1. The lowest BCUT2D eigenvalue weighted by atomic mass is 9.92. The van der Waals surface area contributed by atoms with Gasteiger partial charge >= 0.3 is 12.1 Å². The highest BCUT2D eigenvalue weighted by Crippen LogP contribution is 2.32. The minimum Gasteiger partial charge on any atom is -0.460 e. The Morgan fingerprint density at radius 3 is 2.59 bits per heavy atom. The van der Waals surface area contributed by atoms with E-state index in [9.17, 15) is 9.59 Å². The first-order chi connectivity index (χ1) is 16.3. The number of carbonyl (C=O) groups is 2. The van der Waals surface area contributed by atoms with Crippen LogP contribution in [0.15, 0.2) is 54.6 Å². The van der Waals surface area contributed by atoms with Gasteiger partial charge in [0.2, 0.25) is 0 Å². The Kier molecular flexibility index (Phi) is 7.22. The normalized spacial score (nSPS) is 16.5. The lowest BCUT2D eigenvalue weighted by molar-refractivity contribution is -0.155. The summed E-state index contributed by atoms with van der Waals surface area (Å²) in [6.07, 6.45) is 0.992. The summed E-state index contributed by atoms with van der Waals surface area (Å²) in [6.45, 7) is 6.51. The van der Waals surface area contributed by atoms with Gasteiger partial charge in [-0.25, -0.2) is 4.79 Å². The van der Waals surface area contributed by atoms with Crippen LogP contribution in [0.4, 0.5) is 4.79 Å². The third-order valence-corrected chi connectivity index (χ3v) is 5.89. The lowest BCUT2D eigenvalue weighted by Gasteiger charge is -2.32. The molecule has 7 nitrogen and oxygen atoms in total. The second kappa shape index (κ2) is 10.3. The van der Waals surface area contributed by atoms with Crippen LogP contribution in [0.2, 0.25) is 0 Å². The van der Waals surface area contributed by atoms with Crippen LogP contribution in [0.1, 0.15) is 56.5 Å². The minimum absolute atomic E-state index is 0.178. The molecule has 2 aromatic carbocycles. The van der Waals surface area contributed by atoms with E-state index in [2.05, 4.69) is 27.8 Å². The Bertz CT molecular complexity index is 1130. The highest BCUT2D eigenvalue weighted by atomic mass is 16.6. The quantitative estimate of drug-likeness (QED) is 0.439. The average Bonchev–Trinajstić information content (AvgIpc) is 3.19. The van der Waals surface area contributed by atoms with Gasteiger partial charge in [-0.1, -0.05) is 48.5 Å². The van der Waals surface area contributed by atoms with Gasteiger partial charge in [0.1, 0.15) is 12.2 Å². The Morgan fingerprint density at radius 2 is 1.82 bits per heavy atom. The van der Waals surface area contributed by atoms with Crippen molar-refractivity contribution in [3.63, 3.8) is 0 Å². The van der Waals surface area contributed by atoms with E-state index in [1.54, 1.807) is 0 Å². The molecule has 0 unspecified atom stereocenters. The van der Waals surface area contributed by atoms with Crippen molar-refractivity contribution in [2.45, 2.75) is 64.3 Å². The van der Waals surface area contributed by atoms with E-state index in [0.717, 1.165) is 29.7 Å². The number of hydrogen-bond acceptors (Lipinski definition) is 5. The maximum atomic E-state index is 12.7. The number of nitrogens with one attached hydrogen (secondary N) is 3. The highest BCUT2D eigenvalue weighted by molar-refractivity contribution is 5.85. The van der Waals surface area contributed by atoms with E-state index in [0.29, 0.717) is 6.42 Å². The molecule has 0 fully saturated rings. The van der Waals surface area contributed by atoms with Crippen molar-refractivity contribution in [3.8, 4) is 0 Å². The van der Waals surface area contributed by atoms with E-state index in [4.69, 9.17) is 9.47 Å². The van der Waals surface area contributed by atoms with Crippen molar-refractivity contribution in [2.24, 2.45) is 0 Å². The van der Waals surface area contributed by atoms with Crippen LogP contribution in [0.5, 0.6) is 0 Å². The van der Waals surface area contributed by atoms with Crippen molar-refractivity contribution in [2.75, 3.05) is 6.54 Å². The second-order valence-electron chi connectivity index (χ2n) is 9.68. The molecule has 3 aromatic rings. The molecule has 0 saturated heterocycles. The third kappa shape index (κ3) is 5.97.